The highest BCUT2D eigenvalue weighted by molar-refractivity contribution is 7.91. The third-order valence-corrected chi connectivity index (χ3v) is 5.25. The summed E-state index contributed by atoms with van der Waals surface area (Å²) in [5.74, 6) is -1.80. The highest BCUT2D eigenvalue weighted by Crippen LogP contribution is 2.17. The molecular weight excluding hydrogens is 362 g/mol. The van der Waals surface area contributed by atoms with E-state index in [-0.39, 0.29) is 17.7 Å². The molecule has 1 aliphatic heterocycles. The quantitative estimate of drug-likeness (QED) is 0.569. The molecule has 1 aromatic carbocycles. The molecule has 130 valence electrons. The van der Waals surface area contributed by atoms with E-state index in [0.717, 1.165) is 0 Å². The molecule has 1 aliphatic rings. The molecule has 24 heavy (non-hydrogen) atoms. The average molecular weight is 376 g/mol. The van der Waals surface area contributed by atoms with E-state index in [1.165, 1.54) is 31.2 Å². The van der Waals surface area contributed by atoms with Gasteiger partial charge in [-0.05, 0) is 31.2 Å². The van der Waals surface area contributed by atoms with Gasteiger partial charge in [0.1, 0.15) is 6.10 Å². The van der Waals surface area contributed by atoms with Crippen LogP contribution in [0.3, 0.4) is 0 Å². The molecule has 0 N–H and O–H groups in total. The lowest BCUT2D eigenvalue weighted by atomic mass is 10.4. The number of amides is 2. The van der Waals surface area contributed by atoms with Gasteiger partial charge in [0.2, 0.25) is 0 Å². The number of sulfone groups is 1. The molecule has 0 saturated carbocycles. The van der Waals surface area contributed by atoms with E-state index in [1.54, 1.807) is 0 Å². The maximum atomic E-state index is 12.2. The van der Waals surface area contributed by atoms with Crippen molar-refractivity contribution in [3.05, 3.63) is 29.3 Å². The minimum Gasteiger partial charge on any atom is -0.429 e. The molecule has 0 spiro atoms. The predicted octanol–water partition coefficient (Wildman–Crippen LogP) is 1.72. The van der Waals surface area contributed by atoms with Gasteiger partial charge in [0.25, 0.3) is 11.8 Å². The molecule has 0 bridgehead atoms. The maximum absolute atomic E-state index is 12.2. The van der Waals surface area contributed by atoms with Crippen LogP contribution in [0.25, 0.3) is 0 Å². The first-order valence-electron chi connectivity index (χ1n) is 6.92. The summed E-state index contributed by atoms with van der Waals surface area (Å²) in [6, 6.07) is 5.53. The fourth-order valence-corrected chi connectivity index (χ4v) is 3.55. The molecule has 10 heteroatoms. The van der Waals surface area contributed by atoms with Gasteiger partial charge in [-0.15, -0.1) is 0 Å². The van der Waals surface area contributed by atoms with Crippen molar-refractivity contribution in [2.45, 2.75) is 30.8 Å². The highest BCUT2D eigenvalue weighted by atomic mass is 35.5. The number of carbonyl (C=O) groups is 3. The van der Waals surface area contributed by atoms with Crippen LogP contribution >= 0.6 is 11.6 Å². The number of hydroxylamine groups is 2. The monoisotopic (exact) mass is 375 g/mol. The smallest absolute Gasteiger partial charge is 0.429 e. The SMILES string of the molecule is CC(CS(=O)(=O)c1ccc(Cl)cc1)OC(=O)ON1C(=O)CCC1=O. The van der Waals surface area contributed by atoms with Gasteiger partial charge in [0.05, 0.1) is 10.6 Å². The number of nitrogens with zero attached hydrogens (tertiary/aromatic N) is 1. The lowest BCUT2D eigenvalue weighted by Crippen LogP contribution is -2.34. The predicted molar refractivity (Wildman–Crippen MR) is 81.6 cm³/mol. The molecular formula is C14H14ClNO7S. The number of ether oxygens (including phenoxy) is 1. The Hall–Kier alpha value is -2.13. The summed E-state index contributed by atoms with van der Waals surface area (Å²) < 4.78 is 29.2. The zero-order valence-electron chi connectivity index (χ0n) is 12.6. The lowest BCUT2D eigenvalue weighted by molar-refractivity contribution is -0.178. The Labute approximate surface area is 143 Å². The number of halogens is 1. The van der Waals surface area contributed by atoms with Crippen LogP contribution in [-0.4, -0.2) is 43.3 Å². The molecule has 2 amide bonds. The van der Waals surface area contributed by atoms with Gasteiger partial charge in [0, 0.05) is 17.9 Å². The molecule has 8 nitrogen and oxygen atoms in total. The van der Waals surface area contributed by atoms with Crippen molar-refractivity contribution in [3.63, 3.8) is 0 Å². The molecule has 1 aromatic rings. The van der Waals surface area contributed by atoms with E-state index < -0.39 is 39.7 Å². The summed E-state index contributed by atoms with van der Waals surface area (Å²) in [7, 11) is -3.71. The van der Waals surface area contributed by atoms with Crippen LogP contribution in [0.15, 0.2) is 29.2 Å². The van der Waals surface area contributed by atoms with Crippen LogP contribution in [0, 0.1) is 0 Å². The summed E-state index contributed by atoms with van der Waals surface area (Å²) >= 11 is 5.70. The molecule has 1 atom stereocenters. The van der Waals surface area contributed by atoms with Crippen molar-refractivity contribution in [1.29, 1.82) is 0 Å². The second-order valence-corrected chi connectivity index (χ2v) is 7.56. The van der Waals surface area contributed by atoms with Gasteiger partial charge in [-0.25, -0.2) is 13.2 Å². The summed E-state index contributed by atoms with van der Waals surface area (Å²) in [5.41, 5.74) is 0. The van der Waals surface area contributed by atoms with Crippen LogP contribution in [0.5, 0.6) is 0 Å². The molecule has 0 radical (unpaired) electrons. The number of imide groups is 1. The highest BCUT2D eigenvalue weighted by Gasteiger charge is 2.34. The summed E-state index contributed by atoms with van der Waals surface area (Å²) in [6.45, 7) is 1.35. The second-order valence-electron chi connectivity index (χ2n) is 5.09. The Morgan fingerprint density at radius 1 is 1.21 bits per heavy atom. The first-order chi connectivity index (χ1) is 11.2. The minimum absolute atomic E-state index is 0.0283. The molecule has 2 rings (SSSR count). The molecule has 0 aromatic heterocycles. The number of rotatable bonds is 5. The summed E-state index contributed by atoms with van der Waals surface area (Å²) in [5, 5.41) is 0.713. The van der Waals surface area contributed by atoms with Crippen molar-refractivity contribution < 1.29 is 32.4 Å². The number of benzene rings is 1. The number of hydrogen-bond acceptors (Lipinski definition) is 7. The van der Waals surface area contributed by atoms with Crippen LogP contribution in [0.1, 0.15) is 19.8 Å². The van der Waals surface area contributed by atoms with Gasteiger partial charge in [-0.2, -0.15) is 0 Å². The zero-order chi connectivity index (χ0) is 17.9. The first-order valence-corrected chi connectivity index (χ1v) is 8.95. The van der Waals surface area contributed by atoms with Crippen molar-refractivity contribution in [2.75, 3.05) is 5.75 Å². The van der Waals surface area contributed by atoms with Crippen molar-refractivity contribution in [1.82, 2.24) is 5.06 Å². The molecule has 1 heterocycles. The second kappa shape index (κ2) is 7.18. The lowest BCUT2D eigenvalue weighted by Gasteiger charge is -2.16. The molecule has 1 saturated heterocycles. The topological polar surface area (TPSA) is 107 Å². The molecule has 1 unspecified atom stereocenters. The molecule has 1 fully saturated rings. The Kier molecular flexibility index (Phi) is 5.45. The van der Waals surface area contributed by atoms with E-state index in [1.807, 2.05) is 0 Å². The van der Waals surface area contributed by atoms with Gasteiger partial charge in [-0.3, -0.25) is 14.4 Å². The van der Waals surface area contributed by atoms with Gasteiger partial charge >= 0.3 is 6.16 Å². The van der Waals surface area contributed by atoms with Crippen LogP contribution in [0.4, 0.5) is 4.79 Å². The van der Waals surface area contributed by atoms with E-state index in [2.05, 4.69) is 4.84 Å². The van der Waals surface area contributed by atoms with E-state index >= 15 is 0 Å². The van der Waals surface area contributed by atoms with E-state index in [4.69, 9.17) is 16.3 Å². The van der Waals surface area contributed by atoms with Crippen molar-refractivity contribution in [3.8, 4) is 0 Å². The van der Waals surface area contributed by atoms with Gasteiger partial charge in [-0.1, -0.05) is 16.7 Å². The van der Waals surface area contributed by atoms with Gasteiger partial charge < -0.3 is 4.74 Å². The third kappa shape index (κ3) is 4.45. The van der Waals surface area contributed by atoms with Crippen molar-refractivity contribution in [2.24, 2.45) is 0 Å². The number of carbonyl (C=O) groups excluding carboxylic acids is 3. The summed E-state index contributed by atoms with van der Waals surface area (Å²) in [6.07, 6.45) is -2.47. The standard InChI is InChI=1S/C14H14ClNO7S/c1-9(8-24(20,21)11-4-2-10(15)3-5-11)22-14(19)23-16-12(17)6-7-13(16)18/h2-5,9H,6-8H2,1H3. The number of hydrogen-bond donors (Lipinski definition) is 0. The maximum Gasteiger partial charge on any atom is 0.534 e. The Balaban J connectivity index is 1.93. The van der Waals surface area contributed by atoms with Crippen molar-refractivity contribution >= 4 is 39.4 Å². The fraction of sp³-hybridized carbons (Fsp3) is 0.357. The molecule has 0 aliphatic carbocycles. The summed E-state index contributed by atoms with van der Waals surface area (Å²) in [4.78, 5) is 38.7. The van der Waals surface area contributed by atoms with Gasteiger partial charge in [0.15, 0.2) is 9.84 Å². The Morgan fingerprint density at radius 3 is 2.29 bits per heavy atom. The van der Waals surface area contributed by atoms with Crippen LogP contribution in [-0.2, 0) is 29.0 Å². The normalized spacial score (nSPS) is 16.2. The van der Waals surface area contributed by atoms with Crippen LogP contribution < -0.4 is 0 Å². The average Bonchev–Trinajstić information content (AvgIpc) is 2.78. The van der Waals surface area contributed by atoms with E-state index in [9.17, 15) is 22.8 Å². The largest absolute Gasteiger partial charge is 0.534 e. The third-order valence-electron chi connectivity index (χ3n) is 3.10. The fourth-order valence-electron chi connectivity index (χ4n) is 2.00. The van der Waals surface area contributed by atoms with E-state index in [0.29, 0.717) is 10.1 Å². The first kappa shape index (κ1) is 18.2. The Bertz CT molecular complexity index is 744. The minimum atomic E-state index is -3.71. The zero-order valence-corrected chi connectivity index (χ0v) is 14.2. The van der Waals surface area contributed by atoms with Crippen LogP contribution in [0.2, 0.25) is 5.02 Å². The Morgan fingerprint density at radius 2 is 1.75 bits per heavy atom.